The molecule has 23 heavy (non-hydrogen) atoms. The molecule has 1 aliphatic heterocycles. The van der Waals surface area contributed by atoms with Gasteiger partial charge in [-0.1, -0.05) is 18.2 Å². The topological polar surface area (TPSA) is 44.4 Å². The summed E-state index contributed by atoms with van der Waals surface area (Å²) >= 11 is 5.04. The SMILES string of the molecule is CC1=C(C(=O)N(C)C)[C@H](c2ccccc2C(F)(F)F)NC(=S)N1. The first-order chi connectivity index (χ1) is 10.6. The van der Waals surface area contributed by atoms with Gasteiger partial charge >= 0.3 is 6.18 Å². The minimum Gasteiger partial charge on any atom is -0.351 e. The van der Waals surface area contributed by atoms with E-state index in [0.717, 1.165) is 6.07 Å². The van der Waals surface area contributed by atoms with Gasteiger partial charge < -0.3 is 15.5 Å². The third-order valence-electron chi connectivity index (χ3n) is 3.48. The van der Waals surface area contributed by atoms with E-state index in [9.17, 15) is 18.0 Å². The average molecular weight is 343 g/mol. The molecule has 4 nitrogen and oxygen atoms in total. The third kappa shape index (κ3) is 3.47. The third-order valence-corrected chi connectivity index (χ3v) is 3.70. The molecule has 0 fully saturated rings. The molecular formula is C15H16F3N3OS. The molecule has 124 valence electrons. The van der Waals surface area contributed by atoms with Crippen LogP contribution in [0.15, 0.2) is 35.5 Å². The average Bonchev–Trinajstić information content (AvgIpc) is 2.44. The molecule has 2 N–H and O–H groups in total. The summed E-state index contributed by atoms with van der Waals surface area (Å²) in [7, 11) is 3.09. The highest BCUT2D eigenvalue weighted by atomic mass is 32.1. The lowest BCUT2D eigenvalue weighted by Crippen LogP contribution is -2.47. The minimum absolute atomic E-state index is 0.0339. The summed E-state index contributed by atoms with van der Waals surface area (Å²) in [6, 6.07) is 4.21. The van der Waals surface area contributed by atoms with Crippen molar-refractivity contribution in [2.75, 3.05) is 14.1 Å². The van der Waals surface area contributed by atoms with Crippen LogP contribution in [0.2, 0.25) is 0 Å². The quantitative estimate of drug-likeness (QED) is 0.810. The summed E-state index contributed by atoms with van der Waals surface area (Å²) in [4.78, 5) is 13.7. The number of nitrogens with zero attached hydrogens (tertiary/aromatic N) is 1. The number of hydrogen-bond donors (Lipinski definition) is 2. The highest BCUT2D eigenvalue weighted by molar-refractivity contribution is 7.80. The van der Waals surface area contributed by atoms with Crippen LogP contribution in [0.5, 0.6) is 0 Å². The molecular weight excluding hydrogens is 327 g/mol. The Hall–Kier alpha value is -2.09. The van der Waals surface area contributed by atoms with Gasteiger partial charge in [-0.25, -0.2) is 0 Å². The number of alkyl halides is 3. The first-order valence-corrected chi connectivity index (χ1v) is 7.19. The molecule has 8 heteroatoms. The van der Waals surface area contributed by atoms with Crippen molar-refractivity contribution in [1.29, 1.82) is 0 Å². The van der Waals surface area contributed by atoms with E-state index < -0.39 is 17.8 Å². The lowest BCUT2D eigenvalue weighted by atomic mass is 9.91. The smallest absolute Gasteiger partial charge is 0.351 e. The van der Waals surface area contributed by atoms with Gasteiger partial charge in [0.2, 0.25) is 0 Å². The molecule has 1 aliphatic rings. The number of rotatable bonds is 2. The van der Waals surface area contributed by atoms with Crippen LogP contribution in [0, 0.1) is 0 Å². The van der Waals surface area contributed by atoms with Crippen LogP contribution in [0.4, 0.5) is 13.2 Å². The Kier molecular flexibility index (Phi) is 4.65. The zero-order valence-electron chi connectivity index (χ0n) is 12.8. The van der Waals surface area contributed by atoms with Gasteiger partial charge in [-0.3, -0.25) is 4.79 Å². The van der Waals surface area contributed by atoms with E-state index in [2.05, 4.69) is 10.6 Å². The number of carbonyl (C=O) groups excluding carboxylic acids is 1. The summed E-state index contributed by atoms with van der Waals surface area (Å²) in [5.41, 5.74) is -0.179. The van der Waals surface area contributed by atoms with Crippen LogP contribution in [-0.2, 0) is 11.0 Å². The predicted molar refractivity (Wildman–Crippen MR) is 84.4 cm³/mol. The molecule has 0 aliphatic carbocycles. The number of thiocarbonyl (C=S) groups is 1. The number of benzene rings is 1. The summed E-state index contributed by atoms with van der Waals surface area (Å²) in [5, 5.41) is 5.75. The molecule has 1 aromatic rings. The van der Waals surface area contributed by atoms with E-state index >= 15 is 0 Å². The molecule has 0 unspecified atom stereocenters. The van der Waals surface area contributed by atoms with Gasteiger partial charge in [0.05, 0.1) is 17.2 Å². The van der Waals surface area contributed by atoms with Gasteiger partial charge in [0, 0.05) is 19.8 Å². The first kappa shape index (κ1) is 17.3. The molecule has 0 saturated carbocycles. The Labute approximate surface area is 137 Å². The summed E-state index contributed by atoms with van der Waals surface area (Å²) < 4.78 is 39.9. The van der Waals surface area contributed by atoms with Crippen LogP contribution in [0.25, 0.3) is 0 Å². The van der Waals surface area contributed by atoms with E-state index in [-0.39, 0.29) is 22.2 Å². The van der Waals surface area contributed by atoms with Crippen LogP contribution < -0.4 is 10.6 Å². The van der Waals surface area contributed by atoms with Gasteiger partial charge in [0.25, 0.3) is 5.91 Å². The Bertz CT molecular complexity index is 683. The Morgan fingerprint density at radius 1 is 1.26 bits per heavy atom. The molecule has 0 radical (unpaired) electrons. The number of allylic oxidation sites excluding steroid dienone is 1. The zero-order chi connectivity index (χ0) is 17.4. The molecule has 1 heterocycles. The van der Waals surface area contributed by atoms with Crippen LogP contribution in [-0.4, -0.2) is 30.0 Å². The van der Waals surface area contributed by atoms with E-state index in [4.69, 9.17) is 12.2 Å². The van der Waals surface area contributed by atoms with Crippen molar-refractivity contribution in [3.63, 3.8) is 0 Å². The van der Waals surface area contributed by atoms with Crippen molar-refractivity contribution in [3.8, 4) is 0 Å². The number of amides is 1. The molecule has 0 bridgehead atoms. The predicted octanol–water partition coefficient (Wildman–Crippen LogP) is 2.59. The zero-order valence-corrected chi connectivity index (χ0v) is 13.6. The number of likely N-dealkylation sites (N-methyl/N-ethyl adjacent to an activating group) is 1. The van der Waals surface area contributed by atoms with Crippen LogP contribution >= 0.6 is 12.2 Å². The second kappa shape index (κ2) is 6.19. The summed E-state index contributed by atoms with van der Waals surface area (Å²) in [6.07, 6.45) is -4.52. The van der Waals surface area contributed by atoms with Gasteiger partial charge in [-0.05, 0) is 30.8 Å². The van der Waals surface area contributed by atoms with Gasteiger partial charge in [-0.2, -0.15) is 13.2 Å². The summed E-state index contributed by atoms with van der Waals surface area (Å²) in [6.45, 7) is 1.62. The standard InChI is InChI=1S/C15H16F3N3OS/c1-8-11(13(22)21(2)3)12(20-14(23)19-8)9-6-4-5-7-10(9)15(16,17)18/h4-7,12H,1-3H3,(H2,19,20,23)/t12-/m0/s1. The number of halogens is 3. The van der Waals surface area contributed by atoms with Crippen molar-refractivity contribution in [2.24, 2.45) is 0 Å². The largest absolute Gasteiger partial charge is 0.416 e. The Morgan fingerprint density at radius 3 is 2.43 bits per heavy atom. The molecule has 0 spiro atoms. The van der Waals surface area contributed by atoms with Gasteiger partial charge in [-0.15, -0.1) is 0 Å². The fourth-order valence-corrected chi connectivity index (χ4v) is 2.73. The van der Waals surface area contributed by atoms with Crippen molar-refractivity contribution in [1.82, 2.24) is 15.5 Å². The highest BCUT2D eigenvalue weighted by Crippen LogP contribution is 2.38. The number of nitrogens with one attached hydrogen (secondary N) is 2. The van der Waals surface area contributed by atoms with Gasteiger partial charge in [0.15, 0.2) is 5.11 Å². The maximum absolute atomic E-state index is 13.3. The van der Waals surface area contributed by atoms with Crippen molar-refractivity contribution in [3.05, 3.63) is 46.7 Å². The lowest BCUT2D eigenvalue weighted by Gasteiger charge is -2.32. The fraction of sp³-hybridized carbons (Fsp3) is 0.333. The number of carbonyl (C=O) groups is 1. The lowest BCUT2D eigenvalue weighted by molar-refractivity contribution is -0.138. The van der Waals surface area contributed by atoms with Crippen molar-refractivity contribution in [2.45, 2.75) is 19.1 Å². The first-order valence-electron chi connectivity index (χ1n) is 6.79. The second-order valence-corrected chi connectivity index (χ2v) is 5.76. The van der Waals surface area contributed by atoms with E-state index in [0.29, 0.717) is 5.70 Å². The molecule has 1 amide bonds. The van der Waals surface area contributed by atoms with Gasteiger partial charge in [0.1, 0.15) is 0 Å². The molecule has 1 atom stereocenters. The Balaban J connectivity index is 2.63. The second-order valence-electron chi connectivity index (χ2n) is 5.35. The maximum atomic E-state index is 13.3. The van der Waals surface area contributed by atoms with Crippen LogP contribution in [0.3, 0.4) is 0 Å². The molecule has 1 aromatic carbocycles. The normalized spacial score (nSPS) is 18.3. The number of hydrogen-bond acceptors (Lipinski definition) is 2. The molecule has 2 rings (SSSR count). The Morgan fingerprint density at radius 2 is 1.87 bits per heavy atom. The van der Waals surface area contributed by atoms with E-state index in [1.54, 1.807) is 21.0 Å². The highest BCUT2D eigenvalue weighted by Gasteiger charge is 2.39. The fourth-order valence-electron chi connectivity index (χ4n) is 2.46. The monoisotopic (exact) mass is 343 g/mol. The van der Waals surface area contributed by atoms with Crippen molar-refractivity contribution >= 4 is 23.2 Å². The molecule has 0 aromatic heterocycles. The van der Waals surface area contributed by atoms with Crippen molar-refractivity contribution < 1.29 is 18.0 Å². The van der Waals surface area contributed by atoms with E-state index in [1.807, 2.05) is 0 Å². The maximum Gasteiger partial charge on any atom is 0.416 e. The summed E-state index contributed by atoms with van der Waals surface area (Å²) in [5.74, 6) is -0.382. The van der Waals surface area contributed by atoms with Crippen LogP contribution in [0.1, 0.15) is 24.1 Å². The molecule has 0 saturated heterocycles. The minimum atomic E-state index is -4.52. The van der Waals surface area contributed by atoms with E-state index in [1.165, 1.54) is 23.1 Å².